The van der Waals surface area contributed by atoms with Gasteiger partial charge >= 0.3 is 6.09 Å². The van der Waals surface area contributed by atoms with E-state index in [4.69, 9.17) is 10.5 Å². The summed E-state index contributed by atoms with van der Waals surface area (Å²) in [6.07, 6.45) is 4.69. The number of carbonyl (C=O) groups is 1. The second-order valence-electron chi connectivity index (χ2n) is 4.55. The van der Waals surface area contributed by atoms with E-state index in [0.29, 0.717) is 5.92 Å². The number of hydrogen-bond donors (Lipinski definition) is 1. The fourth-order valence-corrected chi connectivity index (χ4v) is 1.94. The van der Waals surface area contributed by atoms with Crippen LogP contribution in [0.1, 0.15) is 40.0 Å². The lowest BCUT2D eigenvalue weighted by atomic mass is 9.80. The monoisotopic (exact) mass is 197 g/mol. The SMILES string of the molecule is CC1=CC[C@@H](C(C)(C)OC(N)=O)CC1. The van der Waals surface area contributed by atoms with E-state index in [0.717, 1.165) is 19.3 Å². The number of allylic oxidation sites excluding steroid dienone is 2. The maximum Gasteiger partial charge on any atom is 0.405 e. The van der Waals surface area contributed by atoms with Crippen molar-refractivity contribution in [1.29, 1.82) is 0 Å². The minimum Gasteiger partial charge on any atom is -0.443 e. The minimum atomic E-state index is -0.679. The second kappa shape index (κ2) is 4.03. The first-order valence-corrected chi connectivity index (χ1v) is 5.06. The summed E-state index contributed by atoms with van der Waals surface area (Å²) in [5, 5.41) is 0. The number of carbonyl (C=O) groups excluding carboxylic acids is 1. The molecule has 1 aliphatic carbocycles. The van der Waals surface area contributed by atoms with Crippen molar-refractivity contribution < 1.29 is 9.53 Å². The Morgan fingerprint density at radius 3 is 2.71 bits per heavy atom. The van der Waals surface area contributed by atoms with Crippen LogP contribution in [0.3, 0.4) is 0 Å². The van der Waals surface area contributed by atoms with Gasteiger partial charge < -0.3 is 10.5 Å². The third-order valence-electron chi connectivity index (χ3n) is 2.98. The molecule has 0 spiro atoms. The Morgan fingerprint density at radius 1 is 1.64 bits per heavy atom. The predicted octanol–water partition coefficient (Wildman–Crippen LogP) is 2.61. The van der Waals surface area contributed by atoms with Gasteiger partial charge in [-0.1, -0.05) is 11.6 Å². The molecule has 0 saturated heterocycles. The molecule has 14 heavy (non-hydrogen) atoms. The first-order chi connectivity index (χ1) is 6.42. The van der Waals surface area contributed by atoms with Crippen LogP contribution in [0.25, 0.3) is 0 Å². The normalized spacial score (nSPS) is 22.8. The first kappa shape index (κ1) is 11.1. The Labute approximate surface area is 85.3 Å². The number of hydrogen-bond acceptors (Lipinski definition) is 2. The van der Waals surface area contributed by atoms with E-state index in [1.807, 2.05) is 13.8 Å². The van der Waals surface area contributed by atoms with Crippen molar-refractivity contribution in [3.8, 4) is 0 Å². The molecule has 3 nitrogen and oxygen atoms in total. The Kier molecular flexibility index (Phi) is 3.19. The molecule has 0 unspecified atom stereocenters. The highest BCUT2D eigenvalue weighted by Gasteiger charge is 2.33. The topological polar surface area (TPSA) is 52.3 Å². The van der Waals surface area contributed by atoms with Gasteiger partial charge in [-0.05, 0) is 40.0 Å². The molecule has 0 fully saturated rings. The summed E-state index contributed by atoms with van der Waals surface area (Å²) in [6, 6.07) is 0. The fraction of sp³-hybridized carbons (Fsp3) is 0.727. The summed E-state index contributed by atoms with van der Waals surface area (Å²) < 4.78 is 5.12. The summed E-state index contributed by atoms with van der Waals surface area (Å²) in [5.41, 5.74) is 6.02. The Hall–Kier alpha value is -0.990. The van der Waals surface area contributed by atoms with Gasteiger partial charge in [-0.15, -0.1) is 0 Å². The number of rotatable bonds is 2. The van der Waals surface area contributed by atoms with E-state index >= 15 is 0 Å². The van der Waals surface area contributed by atoms with Crippen LogP contribution in [0.4, 0.5) is 4.79 Å². The predicted molar refractivity (Wildman–Crippen MR) is 55.8 cm³/mol. The van der Waals surface area contributed by atoms with Crippen molar-refractivity contribution in [3.63, 3.8) is 0 Å². The molecule has 3 heteroatoms. The van der Waals surface area contributed by atoms with Crippen molar-refractivity contribution in [3.05, 3.63) is 11.6 Å². The lowest BCUT2D eigenvalue weighted by Gasteiger charge is -2.35. The van der Waals surface area contributed by atoms with E-state index in [1.165, 1.54) is 5.57 Å². The summed E-state index contributed by atoms with van der Waals surface area (Å²) in [5.74, 6) is 0.388. The van der Waals surface area contributed by atoms with E-state index in [1.54, 1.807) is 0 Å². The van der Waals surface area contributed by atoms with Crippen LogP contribution < -0.4 is 5.73 Å². The van der Waals surface area contributed by atoms with Gasteiger partial charge in [0.05, 0.1) is 0 Å². The van der Waals surface area contributed by atoms with Crippen LogP contribution in [-0.4, -0.2) is 11.7 Å². The van der Waals surface area contributed by atoms with Gasteiger partial charge in [0, 0.05) is 5.92 Å². The first-order valence-electron chi connectivity index (χ1n) is 5.06. The van der Waals surface area contributed by atoms with Crippen LogP contribution in [0.2, 0.25) is 0 Å². The quantitative estimate of drug-likeness (QED) is 0.692. The maximum atomic E-state index is 10.7. The maximum absolute atomic E-state index is 10.7. The van der Waals surface area contributed by atoms with Gasteiger partial charge in [0.25, 0.3) is 0 Å². The zero-order valence-electron chi connectivity index (χ0n) is 9.17. The van der Waals surface area contributed by atoms with Gasteiger partial charge in [0.1, 0.15) is 5.60 Å². The lowest BCUT2D eigenvalue weighted by molar-refractivity contribution is -0.00481. The van der Waals surface area contributed by atoms with Gasteiger partial charge in [-0.3, -0.25) is 0 Å². The Bertz CT molecular complexity index is 256. The second-order valence-corrected chi connectivity index (χ2v) is 4.55. The van der Waals surface area contributed by atoms with E-state index in [9.17, 15) is 4.79 Å². The molecule has 1 rings (SSSR count). The smallest absolute Gasteiger partial charge is 0.405 e. The molecule has 0 radical (unpaired) electrons. The Morgan fingerprint density at radius 2 is 2.29 bits per heavy atom. The van der Waals surface area contributed by atoms with Crippen LogP contribution >= 0.6 is 0 Å². The van der Waals surface area contributed by atoms with E-state index in [-0.39, 0.29) is 0 Å². The molecule has 0 aliphatic heterocycles. The van der Waals surface area contributed by atoms with Crippen molar-refractivity contribution in [2.45, 2.75) is 45.6 Å². The molecule has 80 valence electrons. The summed E-state index contributed by atoms with van der Waals surface area (Å²) in [7, 11) is 0. The molecule has 0 aromatic rings. The molecule has 0 heterocycles. The van der Waals surface area contributed by atoms with E-state index < -0.39 is 11.7 Å². The number of amides is 1. The van der Waals surface area contributed by atoms with Crippen LogP contribution in [0.15, 0.2) is 11.6 Å². The molecule has 0 aromatic heterocycles. The fourth-order valence-electron chi connectivity index (χ4n) is 1.94. The molecule has 1 atom stereocenters. The summed E-state index contributed by atoms with van der Waals surface area (Å²) in [4.78, 5) is 10.7. The average Bonchev–Trinajstić information content (AvgIpc) is 2.02. The summed E-state index contributed by atoms with van der Waals surface area (Å²) in [6.45, 7) is 5.99. The molecule has 0 saturated carbocycles. The van der Waals surface area contributed by atoms with Gasteiger partial charge in [-0.2, -0.15) is 0 Å². The van der Waals surface area contributed by atoms with Crippen molar-refractivity contribution in [2.75, 3.05) is 0 Å². The van der Waals surface area contributed by atoms with Crippen LogP contribution in [0.5, 0.6) is 0 Å². The highest BCUT2D eigenvalue weighted by molar-refractivity contribution is 5.65. The van der Waals surface area contributed by atoms with Crippen molar-refractivity contribution in [1.82, 2.24) is 0 Å². The zero-order valence-corrected chi connectivity index (χ0v) is 9.17. The highest BCUT2D eigenvalue weighted by Crippen LogP contribution is 2.33. The number of primary amides is 1. The highest BCUT2D eigenvalue weighted by atomic mass is 16.6. The number of ether oxygens (including phenoxy) is 1. The molecule has 1 amide bonds. The molecule has 0 bridgehead atoms. The molecular formula is C11H19NO2. The third kappa shape index (κ3) is 2.76. The largest absolute Gasteiger partial charge is 0.443 e. The zero-order chi connectivity index (χ0) is 10.8. The average molecular weight is 197 g/mol. The van der Waals surface area contributed by atoms with Crippen LogP contribution in [0, 0.1) is 5.92 Å². The number of nitrogens with two attached hydrogens (primary N) is 1. The molecule has 0 aromatic carbocycles. The van der Waals surface area contributed by atoms with Crippen molar-refractivity contribution >= 4 is 6.09 Å². The molecule has 2 N–H and O–H groups in total. The van der Waals surface area contributed by atoms with Crippen LogP contribution in [-0.2, 0) is 4.74 Å². The minimum absolute atomic E-state index is 0.388. The summed E-state index contributed by atoms with van der Waals surface area (Å²) >= 11 is 0. The Balaban J connectivity index is 2.60. The molecular weight excluding hydrogens is 178 g/mol. The van der Waals surface area contributed by atoms with E-state index in [2.05, 4.69) is 13.0 Å². The standard InChI is InChI=1S/C11H19NO2/c1-8-4-6-9(7-5-8)11(2,3)14-10(12)13/h4,9H,5-7H2,1-3H3,(H2,12,13)/t9-/m1/s1. The van der Waals surface area contributed by atoms with Gasteiger partial charge in [0.2, 0.25) is 0 Å². The lowest BCUT2D eigenvalue weighted by Crippen LogP contribution is -2.39. The van der Waals surface area contributed by atoms with Gasteiger partial charge in [-0.25, -0.2) is 4.79 Å². The third-order valence-corrected chi connectivity index (χ3v) is 2.98. The molecule has 1 aliphatic rings. The van der Waals surface area contributed by atoms with Gasteiger partial charge in [0.15, 0.2) is 0 Å². The van der Waals surface area contributed by atoms with Crippen molar-refractivity contribution in [2.24, 2.45) is 11.7 Å².